The van der Waals surface area contributed by atoms with Crippen molar-refractivity contribution >= 4 is 10.9 Å². The second-order valence-corrected chi connectivity index (χ2v) is 4.13. The molecule has 2 heterocycles. The molecule has 6 nitrogen and oxygen atoms in total. The normalized spacial score (nSPS) is 10.5. The molecule has 0 aliphatic rings. The number of nitriles is 1. The molecule has 0 aliphatic carbocycles. The molecule has 0 amide bonds. The van der Waals surface area contributed by atoms with Gasteiger partial charge < -0.3 is 9.26 Å². The monoisotopic (exact) mass is 254 g/mol. The fraction of sp³-hybridized carbons (Fsp3) is 0.154. The lowest BCUT2D eigenvalue weighted by molar-refractivity contribution is 0.287. The number of fused-ring (bicyclic) bond motifs is 1. The SMILES string of the molecule is Cc1cc(COc2cc3[nH]ncc3cc2C#N)no1. The Morgan fingerprint density at radius 1 is 1.42 bits per heavy atom. The third-order valence-corrected chi connectivity index (χ3v) is 2.71. The molecule has 0 spiro atoms. The highest BCUT2D eigenvalue weighted by Gasteiger charge is 2.09. The third-order valence-electron chi connectivity index (χ3n) is 2.71. The van der Waals surface area contributed by atoms with Gasteiger partial charge in [-0.1, -0.05) is 5.16 Å². The number of ether oxygens (including phenoxy) is 1. The second-order valence-electron chi connectivity index (χ2n) is 4.13. The summed E-state index contributed by atoms with van der Waals surface area (Å²) in [5.74, 6) is 1.23. The Bertz CT molecular complexity index is 766. The molecule has 0 atom stereocenters. The fourth-order valence-corrected chi connectivity index (χ4v) is 1.82. The average molecular weight is 254 g/mol. The van der Waals surface area contributed by atoms with Gasteiger partial charge in [0.1, 0.15) is 29.9 Å². The van der Waals surface area contributed by atoms with Crippen molar-refractivity contribution in [3.63, 3.8) is 0 Å². The molecule has 6 heteroatoms. The van der Waals surface area contributed by atoms with E-state index in [0.29, 0.717) is 17.0 Å². The zero-order valence-corrected chi connectivity index (χ0v) is 10.2. The van der Waals surface area contributed by atoms with Gasteiger partial charge in [0, 0.05) is 17.5 Å². The van der Waals surface area contributed by atoms with E-state index in [-0.39, 0.29) is 6.61 Å². The van der Waals surface area contributed by atoms with Crippen LogP contribution in [-0.2, 0) is 6.61 Å². The van der Waals surface area contributed by atoms with E-state index in [0.717, 1.165) is 16.7 Å². The minimum atomic E-state index is 0.256. The molecule has 94 valence electrons. The largest absolute Gasteiger partial charge is 0.486 e. The Morgan fingerprint density at radius 3 is 3.05 bits per heavy atom. The third kappa shape index (κ3) is 2.13. The van der Waals surface area contributed by atoms with Crippen LogP contribution in [0, 0.1) is 18.3 Å². The van der Waals surface area contributed by atoms with E-state index in [1.165, 1.54) is 0 Å². The summed E-state index contributed by atoms with van der Waals surface area (Å²) in [6.07, 6.45) is 1.67. The summed E-state index contributed by atoms with van der Waals surface area (Å²) in [4.78, 5) is 0. The first-order chi connectivity index (χ1) is 9.26. The average Bonchev–Trinajstić information content (AvgIpc) is 3.03. The summed E-state index contributed by atoms with van der Waals surface area (Å²) in [7, 11) is 0. The molecule has 0 aliphatic heterocycles. The number of aromatic amines is 1. The Morgan fingerprint density at radius 2 is 2.32 bits per heavy atom. The molecular formula is C13H10N4O2. The molecule has 1 N–H and O–H groups in total. The Labute approximate surface area is 108 Å². The van der Waals surface area contributed by atoms with Gasteiger partial charge in [0.2, 0.25) is 0 Å². The maximum atomic E-state index is 9.12. The number of H-pyrrole nitrogens is 1. The molecule has 0 bridgehead atoms. The van der Waals surface area contributed by atoms with Crippen LogP contribution in [0.25, 0.3) is 10.9 Å². The van der Waals surface area contributed by atoms with E-state index in [1.807, 2.05) is 6.92 Å². The lowest BCUT2D eigenvalue weighted by Crippen LogP contribution is -1.97. The Hall–Kier alpha value is -2.81. The van der Waals surface area contributed by atoms with Crippen LogP contribution >= 0.6 is 0 Å². The summed E-state index contributed by atoms with van der Waals surface area (Å²) < 4.78 is 10.6. The predicted octanol–water partition coefficient (Wildman–Crippen LogP) is 2.31. The van der Waals surface area contributed by atoms with Crippen molar-refractivity contribution in [2.45, 2.75) is 13.5 Å². The minimum Gasteiger partial charge on any atom is -0.486 e. The standard InChI is InChI=1S/C13H10N4O2/c1-8-2-11(17-19-8)7-18-13-4-12-10(6-15-16-12)3-9(13)5-14/h2-4,6H,7H2,1H3,(H,15,16). The first kappa shape index (κ1) is 11.3. The molecule has 19 heavy (non-hydrogen) atoms. The van der Waals surface area contributed by atoms with Crippen molar-refractivity contribution in [1.29, 1.82) is 5.26 Å². The van der Waals surface area contributed by atoms with Gasteiger partial charge in [-0.05, 0) is 13.0 Å². The molecule has 3 aromatic rings. The number of nitrogens with zero attached hydrogens (tertiary/aromatic N) is 3. The second kappa shape index (κ2) is 4.46. The minimum absolute atomic E-state index is 0.256. The van der Waals surface area contributed by atoms with Gasteiger partial charge in [-0.2, -0.15) is 10.4 Å². The van der Waals surface area contributed by atoms with E-state index < -0.39 is 0 Å². The van der Waals surface area contributed by atoms with Crippen LogP contribution in [0.1, 0.15) is 17.0 Å². The maximum Gasteiger partial charge on any atom is 0.139 e. The summed E-state index contributed by atoms with van der Waals surface area (Å²) >= 11 is 0. The first-order valence-corrected chi connectivity index (χ1v) is 5.68. The molecule has 0 radical (unpaired) electrons. The van der Waals surface area contributed by atoms with Gasteiger partial charge in [-0.15, -0.1) is 0 Å². The lowest BCUT2D eigenvalue weighted by Gasteiger charge is -2.05. The van der Waals surface area contributed by atoms with Crippen LogP contribution in [0.5, 0.6) is 5.75 Å². The van der Waals surface area contributed by atoms with Crippen LogP contribution in [0.15, 0.2) is 28.9 Å². The summed E-state index contributed by atoms with van der Waals surface area (Å²) in [5, 5.41) is 20.6. The van der Waals surface area contributed by atoms with Crippen molar-refractivity contribution in [3.8, 4) is 11.8 Å². The number of hydrogen-bond acceptors (Lipinski definition) is 5. The molecule has 0 saturated heterocycles. The smallest absolute Gasteiger partial charge is 0.139 e. The maximum absolute atomic E-state index is 9.12. The van der Waals surface area contributed by atoms with Crippen molar-refractivity contribution in [2.75, 3.05) is 0 Å². The van der Waals surface area contributed by atoms with Gasteiger partial charge in [-0.25, -0.2) is 0 Å². The van der Waals surface area contributed by atoms with E-state index in [2.05, 4.69) is 21.4 Å². The number of hydrogen-bond donors (Lipinski definition) is 1. The predicted molar refractivity (Wildman–Crippen MR) is 66.4 cm³/mol. The number of nitrogens with one attached hydrogen (secondary N) is 1. The van der Waals surface area contributed by atoms with E-state index in [4.69, 9.17) is 14.5 Å². The van der Waals surface area contributed by atoms with E-state index in [9.17, 15) is 0 Å². The van der Waals surface area contributed by atoms with E-state index >= 15 is 0 Å². The Kier molecular flexibility index (Phi) is 2.65. The van der Waals surface area contributed by atoms with Crippen LogP contribution < -0.4 is 4.74 Å². The fourth-order valence-electron chi connectivity index (χ4n) is 1.82. The van der Waals surface area contributed by atoms with Crippen LogP contribution in [0.4, 0.5) is 0 Å². The highest BCUT2D eigenvalue weighted by molar-refractivity contribution is 5.81. The first-order valence-electron chi connectivity index (χ1n) is 5.68. The number of rotatable bonds is 3. The number of aromatic nitrogens is 3. The van der Waals surface area contributed by atoms with Crippen LogP contribution in [-0.4, -0.2) is 15.4 Å². The van der Waals surface area contributed by atoms with Gasteiger partial charge in [0.05, 0.1) is 17.3 Å². The van der Waals surface area contributed by atoms with Gasteiger partial charge >= 0.3 is 0 Å². The van der Waals surface area contributed by atoms with Gasteiger partial charge in [0.25, 0.3) is 0 Å². The molecular weight excluding hydrogens is 244 g/mol. The zero-order valence-electron chi connectivity index (χ0n) is 10.2. The highest BCUT2D eigenvalue weighted by atomic mass is 16.5. The molecule has 0 unspecified atom stereocenters. The van der Waals surface area contributed by atoms with Crippen molar-refractivity contribution in [3.05, 3.63) is 41.4 Å². The molecule has 3 rings (SSSR count). The van der Waals surface area contributed by atoms with E-state index in [1.54, 1.807) is 24.4 Å². The lowest BCUT2D eigenvalue weighted by atomic mass is 10.1. The highest BCUT2D eigenvalue weighted by Crippen LogP contribution is 2.24. The quantitative estimate of drug-likeness (QED) is 0.774. The Balaban J connectivity index is 1.89. The number of benzene rings is 1. The summed E-state index contributed by atoms with van der Waals surface area (Å²) in [5.41, 5.74) is 1.98. The zero-order chi connectivity index (χ0) is 13.2. The topological polar surface area (TPSA) is 87.7 Å². The summed E-state index contributed by atoms with van der Waals surface area (Å²) in [6, 6.07) is 7.40. The van der Waals surface area contributed by atoms with Crippen molar-refractivity contribution in [1.82, 2.24) is 15.4 Å². The van der Waals surface area contributed by atoms with Gasteiger partial charge in [0.15, 0.2) is 0 Å². The van der Waals surface area contributed by atoms with Crippen LogP contribution in [0.3, 0.4) is 0 Å². The molecule has 2 aromatic heterocycles. The van der Waals surface area contributed by atoms with Crippen LogP contribution in [0.2, 0.25) is 0 Å². The summed E-state index contributed by atoms with van der Waals surface area (Å²) in [6.45, 7) is 2.07. The van der Waals surface area contributed by atoms with Crippen molar-refractivity contribution in [2.24, 2.45) is 0 Å². The van der Waals surface area contributed by atoms with Gasteiger partial charge in [-0.3, -0.25) is 5.10 Å². The van der Waals surface area contributed by atoms with Crippen molar-refractivity contribution < 1.29 is 9.26 Å². The molecule has 0 fully saturated rings. The molecule has 1 aromatic carbocycles. The molecule has 0 saturated carbocycles. The number of aryl methyl sites for hydroxylation is 1.